The van der Waals surface area contributed by atoms with Gasteiger partial charge in [0.2, 0.25) is 5.91 Å². The molecule has 0 radical (unpaired) electrons. The third kappa shape index (κ3) is 8.02. The summed E-state index contributed by atoms with van der Waals surface area (Å²) >= 11 is 1.80. The number of hydrogen-bond acceptors (Lipinski definition) is 3. The average molecular weight is 339 g/mol. The van der Waals surface area contributed by atoms with Crippen LogP contribution in [0.5, 0.6) is 0 Å². The van der Waals surface area contributed by atoms with Crippen molar-refractivity contribution in [3.05, 3.63) is 21.9 Å². The summed E-state index contributed by atoms with van der Waals surface area (Å²) in [5.74, 6) is 0.837. The SMILES string of the molecule is CCNC(=NCc1ccc(CC)s1)NCCC(=O)NC(C)CC. The minimum atomic E-state index is 0.0774. The Hall–Kier alpha value is -1.56. The second-order valence-electron chi connectivity index (χ2n) is 5.47. The second-order valence-corrected chi connectivity index (χ2v) is 6.72. The molecule has 0 fully saturated rings. The van der Waals surface area contributed by atoms with Crippen molar-refractivity contribution >= 4 is 23.2 Å². The fraction of sp³-hybridized carbons (Fsp3) is 0.647. The van der Waals surface area contributed by atoms with Crippen molar-refractivity contribution in [2.45, 2.75) is 59.5 Å². The van der Waals surface area contributed by atoms with Gasteiger partial charge in [-0.25, -0.2) is 4.99 Å². The lowest BCUT2D eigenvalue weighted by Gasteiger charge is -2.13. The summed E-state index contributed by atoms with van der Waals surface area (Å²) in [5.41, 5.74) is 0. The minimum absolute atomic E-state index is 0.0774. The molecule has 5 nitrogen and oxygen atoms in total. The predicted octanol–water partition coefficient (Wildman–Crippen LogP) is 2.67. The van der Waals surface area contributed by atoms with Gasteiger partial charge >= 0.3 is 0 Å². The molecule has 0 aliphatic rings. The normalized spacial score (nSPS) is 12.8. The van der Waals surface area contributed by atoms with Gasteiger partial charge in [-0.2, -0.15) is 0 Å². The Morgan fingerprint density at radius 1 is 1.22 bits per heavy atom. The van der Waals surface area contributed by atoms with Crippen LogP contribution < -0.4 is 16.0 Å². The highest BCUT2D eigenvalue weighted by Crippen LogP contribution is 2.17. The minimum Gasteiger partial charge on any atom is -0.357 e. The monoisotopic (exact) mass is 338 g/mol. The highest BCUT2D eigenvalue weighted by Gasteiger charge is 2.06. The number of carbonyl (C=O) groups excluding carboxylic acids is 1. The molecular weight excluding hydrogens is 308 g/mol. The van der Waals surface area contributed by atoms with Gasteiger partial charge in [0.15, 0.2) is 5.96 Å². The Labute approximate surface area is 144 Å². The van der Waals surface area contributed by atoms with Crippen LogP contribution in [-0.4, -0.2) is 31.0 Å². The molecule has 0 aliphatic heterocycles. The summed E-state index contributed by atoms with van der Waals surface area (Å²) in [6.45, 7) is 10.3. The lowest BCUT2D eigenvalue weighted by molar-refractivity contribution is -0.121. The summed E-state index contributed by atoms with van der Waals surface area (Å²) in [4.78, 5) is 19.0. The van der Waals surface area contributed by atoms with Gasteiger partial charge in [-0.05, 0) is 38.8 Å². The van der Waals surface area contributed by atoms with Crippen molar-refractivity contribution in [3.8, 4) is 0 Å². The molecule has 0 saturated heterocycles. The van der Waals surface area contributed by atoms with Crippen LogP contribution in [0.1, 0.15) is 50.3 Å². The van der Waals surface area contributed by atoms with E-state index in [9.17, 15) is 4.79 Å². The molecule has 0 spiro atoms. The maximum absolute atomic E-state index is 11.8. The number of guanidine groups is 1. The summed E-state index contributed by atoms with van der Waals surface area (Å²) < 4.78 is 0. The first-order valence-corrected chi connectivity index (χ1v) is 9.29. The maximum Gasteiger partial charge on any atom is 0.221 e. The number of thiophene rings is 1. The molecule has 1 unspecified atom stereocenters. The Morgan fingerprint density at radius 2 is 1.96 bits per heavy atom. The van der Waals surface area contributed by atoms with E-state index >= 15 is 0 Å². The molecule has 1 heterocycles. The largest absolute Gasteiger partial charge is 0.357 e. The van der Waals surface area contributed by atoms with E-state index in [0.29, 0.717) is 19.5 Å². The first-order valence-electron chi connectivity index (χ1n) is 8.48. The number of carbonyl (C=O) groups is 1. The van der Waals surface area contributed by atoms with Crippen LogP contribution in [0, 0.1) is 0 Å². The van der Waals surface area contributed by atoms with E-state index in [4.69, 9.17) is 0 Å². The van der Waals surface area contributed by atoms with Crippen LogP contribution in [0.25, 0.3) is 0 Å². The lowest BCUT2D eigenvalue weighted by atomic mass is 10.2. The van der Waals surface area contributed by atoms with E-state index in [2.05, 4.69) is 46.9 Å². The Balaban J connectivity index is 2.41. The maximum atomic E-state index is 11.8. The summed E-state index contributed by atoms with van der Waals surface area (Å²) in [7, 11) is 0. The van der Waals surface area contributed by atoms with Crippen molar-refractivity contribution in [2.24, 2.45) is 4.99 Å². The zero-order valence-electron chi connectivity index (χ0n) is 14.7. The van der Waals surface area contributed by atoms with Crippen LogP contribution >= 0.6 is 11.3 Å². The van der Waals surface area contributed by atoms with Gasteiger partial charge in [-0.3, -0.25) is 4.79 Å². The van der Waals surface area contributed by atoms with E-state index in [1.54, 1.807) is 11.3 Å². The van der Waals surface area contributed by atoms with E-state index in [1.165, 1.54) is 9.75 Å². The smallest absolute Gasteiger partial charge is 0.221 e. The molecule has 3 N–H and O–H groups in total. The summed E-state index contributed by atoms with van der Waals surface area (Å²) in [5, 5.41) is 9.39. The molecule has 0 saturated carbocycles. The van der Waals surface area contributed by atoms with Crippen molar-refractivity contribution in [2.75, 3.05) is 13.1 Å². The zero-order chi connectivity index (χ0) is 17.1. The van der Waals surface area contributed by atoms with E-state index < -0.39 is 0 Å². The van der Waals surface area contributed by atoms with Crippen LogP contribution in [0.15, 0.2) is 17.1 Å². The lowest BCUT2D eigenvalue weighted by Crippen LogP contribution is -2.40. The molecule has 1 atom stereocenters. The van der Waals surface area contributed by atoms with Gasteiger partial charge in [0, 0.05) is 35.3 Å². The van der Waals surface area contributed by atoms with E-state index in [0.717, 1.165) is 25.3 Å². The molecular formula is C17H30N4OS. The molecule has 1 aromatic heterocycles. The third-order valence-electron chi connectivity index (χ3n) is 3.47. The summed E-state index contributed by atoms with van der Waals surface area (Å²) in [6, 6.07) is 4.53. The van der Waals surface area contributed by atoms with Crippen molar-refractivity contribution in [1.82, 2.24) is 16.0 Å². The van der Waals surface area contributed by atoms with Gasteiger partial charge < -0.3 is 16.0 Å². The molecule has 1 amide bonds. The van der Waals surface area contributed by atoms with Crippen molar-refractivity contribution < 1.29 is 4.79 Å². The fourth-order valence-corrected chi connectivity index (χ4v) is 2.82. The van der Waals surface area contributed by atoms with Gasteiger partial charge in [-0.1, -0.05) is 13.8 Å². The number of hydrogen-bond donors (Lipinski definition) is 3. The number of amides is 1. The molecule has 0 aliphatic carbocycles. The molecule has 23 heavy (non-hydrogen) atoms. The molecule has 1 rings (SSSR count). The highest BCUT2D eigenvalue weighted by atomic mass is 32.1. The Kier molecular flexibility index (Phi) is 9.36. The quantitative estimate of drug-likeness (QED) is 0.479. The standard InChI is InChI=1S/C17H30N4OS/c1-5-13(4)21-16(22)10-11-19-17(18-7-3)20-12-15-9-8-14(6-2)23-15/h8-9,13H,5-7,10-12H2,1-4H3,(H,21,22)(H2,18,19,20). The molecule has 130 valence electrons. The first kappa shape index (κ1) is 19.5. The third-order valence-corrected chi connectivity index (χ3v) is 4.68. The number of aryl methyl sites for hydroxylation is 1. The second kappa shape index (κ2) is 11.0. The first-order chi connectivity index (χ1) is 11.1. The highest BCUT2D eigenvalue weighted by molar-refractivity contribution is 7.11. The van der Waals surface area contributed by atoms with Crippen LogP contribution in [0.2, 0.25) is 0 Å². The number of nitrogens with zero attached hydrogens (tertiary/aromatic N) is 1. The molecule has 0 bridgehead atoms. The van der Waals surface area contributed by atoms with Gasteiger partial charge in [-0.15, -0.1) is 11.3 Å². The molecule has 6 heteroatoms. The average Bonchev–Trinajstić information content (AvgIpc) is 3.00. The number of aliphatic imine (C=N–C) groups is 1. The predicted molar refractivity (Wildman–Crippen MR) is 99.0 cm³/mol. The van der Waals surface area contributed by atoms with E-state index in [-0.39, 0.29) is 11.9 Å². The molecule has 0 aromatic carbocycles. The van der Waals surface area contributed by atoms with Crippen LogP contribution in [-0.2, 0) is 17.8 Å². The Bertz CT molecular complexity index is 499. The zero-order valence-corrected chi connectivity index (χ0v) is 15.6. The van der Waals surface area contributed by atoms with Gasteiger partial charge in [0.1, 0.15) is 0 Å². The Morgan fingerprint density at radius 3 is 2.57 bits per heavy atom. The summed E-state index contributed by atoms with van der Waals surface area (Å²) in [6.07, 6.45) is 2.47. The van der Waals surface area contributed by atoms with E-state index in [1.807, 2.05) is 13.8 Å². The van der Waals surface area contributed by atoms with Crippen LogP contribution in [0.4, 0.5) is 0 Å². The molecule has 1 aromatic rings. The van der Waals surface area contributed by atoms with Crippen molar-refractivity contribution in [3.63, 3.8) is 0 Å². The number of rotatable bonds is 9. The van der Waals surface area contributed by atoms with Crippen molar-refractivity contribution in [1.29, 1.82) is 0 Å². The topological polar surface area (TPSA) is 65.5 Å². The number of nitrogens with one attached hydrogen (secondary N) is 3. The van der Waals surface area contributed by atoms with Crippen LogP contribution in [0.3, 0.4) is 0 Å². The van der Waals surface area contributed by atoms with Gasteiger partial charge in [0.25, 0.3) is 0 Å². The fourth-order valence-electron chi connectivity index (χ4n) is 1.94. The van der Waals surface area contributed by atoms with Gasteiger partial charge in [0.05, 0.1) is 6.54 Å².